The van der Waals surface area contributed by atoms with Gasteiger partial charge in [0.25, 0.3) is 0 Å². The number of hydrogen-bond acceptors (Lipinski definition) is 5. The van der Waals surface area contributed by atoms with Crippen LogP contribution in [0.2, 0.25) is 0 Å². The summed E-state index contributed by atoms with van der Waals surface area (Å²) in [7, 11) is 0. The number of benzene rings is 1. The summed E-state index contributed by atoms with van der Waals surface area (Å²) in [4.78, 5) is 4.39. The molecule has 0 saturated heterocycles. The standard InChI is InChI=1S/C15H21N3O2/c1-5-19-11-8-6-7-10(9-11)13-17-14(20-18-13)12(16)15(2,3)4/h6-9,12H,5,16H2,1-4H3/t12-/m0/s1. The van der Waals surface area contributed by atoms with Crippen LogP contribution in [0.25, 0.3) is 11.4 Å². The molecular weight excluding hydrogens is 254 g/mol. The summed E-state index contributed by atoms with van der Waals surface area (Å²) in [5.41, 5.74) is 6.85. The molecule has 0 aliphatic carbocycles. The molecule has 0 aliphatic rings. The molecule has 1 atom stereocenters. The van der Waals surface area contributed by atoms with Crippen LogP contribution in [-0.4, -0.2) is 16.7 Å². The average Bonchev–Trinajstić information content (AvgIpc) is 2.87. The van der Waals surface area contributed by atoms with E-state index < -0.39 is 0 Å². The van der Waals surface area contributed by atoms with Gasteiger partial charge in [0.05, 0.1) is 12.6 Å². The minimum atomic E-state index is -0.293. The van der Waals surface area contributed by atoms with E-state index in [1.807, 2.05) is 52.0 Å². The number of ether oxygens (including phenoxy) is 1. The van der Waals surface area contributed by atoms with Crippen LogP contribution < -0.4 is 10.5 Å². The minimum absolute atomic E-state index is 0.128. The highest BCUT2D eigenvalue weighted by Crippen LogP contribution is 2.30. The molecule has 1 heterocycles. The SMILES string of the molecule is CCOc1cccc(-c2noc([C@H](N)C(C)(C)C)n2)c1. The van der Waals surface area contributed by atoms with Crippen LogP contribution in [0, 0.1) is 5.41 Å². The Balaban J connectivity index is 2.27. The van der Waals surface area contributed by atoms with Crippen molar-refractivity contribution in [2.45, 2.75) is 33.7 Å². The van der Waals surface area contributed by atoms with Crippen molar-refractivity contribution in [3.63, 3.8) is 0 Å². The fourth-order valence-electron chi connectivity index (χ4n) is 1.74. The number of aromatic nitrogens is 2. The number of nitrogens with two attached hydrogens (primary N) is 1. The monoisotopic (exact) mass is 275 g/mol. The Labute approximate surface area is 119 Å². The Hall–Kier alpha value is -1.88. The number of nitrogens with zero attached hydrogens (tertiary/aromatic N) is 2. The van der Waals surface area contributed by atoms with Crippen LogP contribution in [0.4, 0.5) is 0 Å². The highest BCUT2D eigenvalue weighted by atomic mass is 16.5. The summed E-state index contributed by atoms with van der Waals surface area (Å²) < 4.78 is 10.7. The minimum Gasteiger partial charge on any atom is -0.494 e. The van der Waals surface area contributed by atoms with Gasteiger partial charge in [0, 0.05) is 5.56 Å². The van der Waals surface area contributed by atoms with E-state index in [1.54, 1.807) is 0 Å². The molecule has 5 heteroatoms. The van der Waals surface area contributed by atoms with E-state index >= 15 is 0 Å². The van der Waals surface area contributed by atoms with Gasteiger partial charge in [0.15, 0.2) is 0 Å². The van der Waals surface area contributed by atoms with Crippen molar-refractivity contribution in [1.29, 1.82) is 0 Å². The maximum atomic E-state index is 6.12. The maximum Gasteiger partial charge on any atom is 0.244 e. The molecule has 108 valence electrons. The van der Waals surface area contributed by atoms with E-state index in [1.165, 1.54) is 0 Å². The van der Waals surface area contributed by atoms with Crippen molar-refractivity contribution in [2.75, 3.05) is 6.61 Å². The molecule has 1 aromatic heterocycles. The first kappa shape index (κ1) is 14.5. The topological polar surface area (TPSA) is 74.2 Å². The lowest BCUT2D eigenvalue weighted by Crippen LogP contribution is -2.26. The van der Waals surface area contributed by atoms with Gasteiger partial charge < -0.3 is 15.0 Å². The summed E-state index contributed by atoms with van der Waals surface area (Å²) in [6.07, 6.45) is 0. The van der Waals surface area contributed by atoms with Gasteiger partial charge in [-0.1, -0.05) is 38.1 Å². The third-order valence-electron chi connectivity index (χ3n) is 3.04. The molecule has 20 heavy (non-hydrogen) atoms. The van der Waals surface area contributed by atoms with Gasteiger partial charge in [-0.3, -0.25) is 0 Å². The highest BCUT2D eigenvalue weighted by molar-refractivity contribution is 5.56. The molecular formula is C15H21N3O2. The second-order valence-electron chi connectivity index (χ2n) is 5.76. The third-order valence-corrected chi connectivity index (χ3v) is 3.04. The molecule has 2 aromatic rings. The summed E-state index contributed by atoms with van der Waals surface area (Å²) in [5.74, 6) is 1.77. The number of hydrogen-bond donors (Lipinski definition) is 1. The van der Waals surface area contributed by atoms with Gasteiger partial charge in [-0.15, -0.1) is 0 Å². The summed E-state index contributed by atoms with van der Waals surface area (Å²) >= 11 is 0. The lowest BCUT2D eigenvalue weighted by Gasteiger charge is -2.23. The molecule has 0 unspecified atom stereocenters. The summed E-state index contributed by atoms with van der Waals surface area (Å²) in [6, 6.07) is 7.31. The lowest BCUT2D eigenvalue weighted by molar-refractivity contribution is 0.253. The summed E-state index contributed by atoms with van der Waals surface area (Å²) in [5, 5.41) is 4.00. The quantitative estimate of drug-likeness (QED) is 0.927. The Bertz CT molecular complexity index is 572. The first-order valence-corrected chi connectivity index (χ1v) is 6.74. The van der Waals surface area contributed by atoms with Gasteiger partial charge in [-0.25, -0.2) is 0 Å². The third kappa shape index (κ3) is 3.17. The molecule has 0 bridgehead atoms. The van der Waals surface area contributed by atoms with Crippen molar-refractivity contribution in [1.82, 2.24) is 10.1 Å². The van der Waals surface area contributed by atoms with E-state index in [9.17, 15) is 0 Å². The van der Waals surface area contributed by atoms with Gasteiger partial charge in [0.1, 0.15) is 5.75 Å². The van der Waals surface area contributed by atoms with Gasteiger partial charge in [0.2, 0.25) is 11.7 Å². The molecule has 5 nitrogen and oxygen atoms in total. The molecule has 2 N–H and O–H groups in total. The largest absolute Gasteiger partial charge is 0.494 e. The Morgan fingerprint density at radius 1 is 1.35 bits per heavy atom. The molecule has 0 aliphatic heterocycles. The predicted molar refractivity (Wildman–Crippen MR) is 77.3 cm³/mol. The fraction of sp³-hybridized carbons (Fsp3) is 0.467. The lowest BCUT2D eigenvalue weighted by atomic mass is 9.87. The van der Waals surface area contributed by atoms with Gasteiger partial charge >= 0.3 is 0 Å². The first-order chi connectivity index (χ1) is 9.41. The molecule has 0 spiro atoms. The van der Waals surface area contributed by atoms with Crippen LogP contribution in [-0.2, 0) is 0 Å². The predicted octanol–water partition coefficient (Wildman–Crippen LogP) is 3.18. The van der Waals surface area contributed by atoms with Crippen LogP contribution >= 0.6 is 0 Å². The average molecular weight is 275 g/mol. The van der Waals surface area contributed by atoms with Gasteiger partial charge in [-0.05, 0) is 24.5 Å². The van der Waals surface area contributed by atoms with Crippen molar-refractivity contribution < 1.29 is 9.26 Å². The van der Waals surface area contributed by atoms with Crippen molar-refractivity contribution >= 4 is 0 Å². The van der Waals surface area contributed by atoms with E-state index in [2.05, 4.69) is 10.1 Å². The zero-order valence-electron chi connectivity index (χ0n) is 12.4. The normalized spacial score (nSPS) is 13.2. The molecule has 0 fully saturated rings. The van der Waals surface area contributed by atoms with E-state index in [-0.39, 0.29) is 11.5 Å². The Morgan fingerprint density at radius 3 is 2.75 bits per heavy atom. The fourth-order valence-corrected chi connectivity index (χ4v) is 1.74. The van der Waals surface area contributed by atoms with Crippen LogP contribution in [0.5, 0.6) is 5.75 Å². The second-order valence-corrected chi connectivity index (χ2v) is 5.76. The van der Waals surface area contributed by atoms with E-state index in [4.69, 9.17) is 15.0 Å². The van der Waals surface area contributed by atoms with Crippen molar-refractivity contribution in [3.05, 3.63) is 30.2 Å². The molecule has 1 aromatic carbocycles. The molecule has 2 rings (SSSR count). The van der Waals surface area contributed by atoms with Crippen LogP contribution in [0.3, 0.4) is 0 Å². The van der Waals surface area contributed by atoms with E-state index in [0.29, 0.717) is 18.3 Å². The smallest absolute Gasteiger partial charge is 0.244 e. The maximum absolute atomic E-state index is 6.12. The zero-order valence-corrected chi connectivity index (χ0v) is 12.4. The second kappa shape index (κ2) is 5.63. The zero-order chi connectivity index (χ0) is 14.8. The molecule has 0 saturated carbocycles. The molecule has 0 amide bonds. The first-order valence-electron chi connectivity index (χ1n) is 6.74. The van der Waals surface area contributed by atoms with Gasteiger partial charge in [-0.2, -0.15) is 4.98 Å². The van der Waals surface area contributed by atoms with Crippen LogP contribution in [0.15, 0.2) is 28.8 Å². The van der Waals surface area contributed by atoms with Crippen LogP contribution in [0.1, 0.15) is 39.6 Å². The van der Waals surface area contributed by atoms with Crippen molar-refractivity contribution in [2.24, 2.45) is 11.1 Å². The Morgan fingerprint density at radius 2 is 2.10 bits per heavy atom. The molecule has 0 radical (unpaired) electrons. The Kier molecular flexibility index (Phi) is 4.09. The summed E-state index contributed by atoms with van der Waals surface area (Å²) in [6.45, 7) is 8.68. The highest BCUT2D eigenvalue weighted by Gasteiger charge is 2.27. The van der Waals surface area contributed by atoms with E-state index in [0.717, 1.165) is 11.3 Å². The van der Waals surface area contributed by atoms with Crippen molar-refractivity contribution in [3.8, 4) is 17.1 Å². The number of rotatable bonds is 4.